The maximum absolute atomic E-state index is 13.5. The second-order valence-electron chi connectivity index (χ2n) is 8.47. The summed E-state index contributed by atoms with van der Waals surface area (Å²) < 4.78 is 98.9. The Morgan fingerprint density at radius 2 is 1.54 bits per heavy atom. The first-order chi connectivity index (χ1) is 16.2. The SMILES string of the molecule is C[C@@H](O[C@H]1CC[C@H](C=O)[C@@H](C(=O)O)[C@@H]1c1ccc(F)cc1)c1cc(C(F)(F)F)cc(C(F)(F)F)c1. The van der Waals surface area contributed by atoms with E-state index in [2.05, 4.69) is 0 Å². The van der Waals surface area contributed by atoms with Gasteiger partial charge in [-0.1, -0.05) is 12.1 Å². The predicted octanol–water partition coefficient (Wildman–Crippen LogP) is 6.40. The van der Waals surface area contributed by atoms with E-state index in [1.807, 2.05) is 0 Å². The first kappa shape index (κ1) is 26.7. The lowest BCUT2D eigenvalue weighted by atomic mass is 9.68. The molecule has 0 unspecified atom stereocenters. The van der Waals surface area contributed by atoms with Crippen LogP contribution in [-0.2, 0) is 26.7 Å². The Balaban J connectivity index is 2.01. The largest absolute Gasteiger partial charge is 0.481 e. The summed E-state index contributed by atoms with van der Waals surface area (Å²) >= 11 is 0. The molecule has 0 bridgehead atoms. The lowest BCUT2D eigenvalue weighted by Crippen LogP contribution is -2.42. The molecule has 0 amide bonds. The normalized spacial score (nSPS) is 24.1. The Hall–Kier alpha value is -2.95. The van der Waals surface area contributed by atoms with Crippen molar-refractivity contribution < 1.29 is 50.2 Å². The minimum atomic E-state index is -5.04. The van der Waals surface area contributed by atoms with Crippen LogP contribution < -0.4 is 0 Å². The molecule has 0 aliphatic heterocycles. The molecule has 2 aromatic carbocycles. The minimum absolute atomic E-state index is 0.00723. The van der Waals surface area contributed by atoms with Crippen molar-refractivity contribution in [2.45, 2.75) is 50.2 Å². The lowest BCUT2D eigenvalue weighted by molar-refractivity contribution is -0.153. The molecule has 0 spiro atoms. The Morgan fingerprint density at radius 3 is 2.00 bits per heavy atom. The van der Waals surface area contributed by atoms with Gasteiger partial charge in [0.15, 0.2) is 0 Å². The number of aliphatic carboxylic acids is 1. The van der Waals surface area contributed by atoms with Crippen molar-refractivity contribution in [3.05, 3.63) is 70.5 Å². The van der Waals surface area contributed by atoms with Crippen LogP contribution in [-0.4, -0.2) is 23.5 Å². The Bertz CT molecular complexity index is 1030. The van der Waals surface area contributed by atoms with Gasteiger partial charge in [-0.3, -0.25) is 4.79 Å². The van der Waals surface area contributed by atoms with Crippen LogP contribution in [0, 0.1) is 17.7 Å². The van der Waals surface area contributed by atoms with E-state index in [0.717, 1.165) is 12.1 Å². The van der Waals surface area contributed by atoms with Crippen LogP contribution in [0.4, 0.5) is 30.7 Å². The third-order valence-electron chi connectivity index (χ3n) is 6.21. The smallest absolute Gasteiger partial charge is 0.416 e. The Labute approximate surface area is 195 Å². The van der Waals surface area contributed by atoms with E-state index in [1.165, 1.54) is 19.1 Å². The molecule has 1 N–H and O–H groups in total. The molecule has 0 heterocycles. The molecule has 1 fully saturated rings. The van der Waals surface area contributed by atoms with Gasteiger partial charge in [0, 0.05) is 11.8 Å². The summed E-state index contributed by atoms with van der Waals surface area (Å²) in [5.41, 5.74) is -3.07. The topological polar surface area (TPSA) is 63.6 Å². The average Bonchev–Trinajstić information content (AvgIpc) is 2.77. The number of aldehydes is 1. The van der Waals surface area contributed by atoms with Crippen LogP contribution >= 0.6 is 0 Å². The van der Waals surface area contributed by atoms with Gasteiger partial charge in [0.25, 0.3) is 0 Å². The van der Waals surface area contributed by atoms with Gasteiger partial charge >= 0.3 is 18.3 Å². The van der Waals surface area contributed by atoms with E-state index in [1.54, 1.807) is 0 Å². The maximum atomic E-state index is 13.5. The van der Waals surface area contributed by atoms with Gasteiger partial charge in [-0.2, -0.15) is 26.3 Å². The number of carbonyl (C=O) groups is 2. The molecular weight excluding hydrogens is 485 g/mol. The van der Waals surface area contributed by atoms with E-state index >= 15 is 0 Å². The fraction of sp³-hybridized carbons (Fsp3) is 0.417. The molecular formula is C24H21F7O4. The number of alkyl halides is 6. The highest BCUT2D eigenvalue weighted by Gasteiger charge is 2.46. The zero-order chi connectivity index (χ0) is 26.1. The van der Waals surface area contributed by atoms with Crippen molar-refractivity contribution >= 4 is 12.3 Å². The number of carboxylic acid groups (broad SMARTS) is 1. The molecule has 1 aliphatic rings. The molecule has 5 atom stereocenters. The standard InChI is InChI=1S/C24H21F7O4/c1-12(15-8-16(23(26,27)28)10-17(9-15)24(29,30)31)35-19-7-4-14(11-32)21(22(33)34)20(19)13-2-5-18(25)6-3-13/h2-3,5-6,8-12,14,19-21H,4,7H2,1H3,(H,33,34)/t12-,14-,19+,20-,21-/m1/s1. The van der Waals surface area contributed by atoms with E-state index in [9.17, 15) is 45.4 Å². The molecule has 2 aromatic rings. The van der Waals surface area contributed by atoms with E-state index in [-0.39, 0.29) is 18.9 Å². The number of ether oxygens (including phenoxy) is 1. The summed E-state index contributed by atoms with van der Waals surface area (Å²) in [6, 6.07) is 5.92. The van der Waals surface area contributed by atoms with E-state index < -0.39 is 70.8 Å². The number of hydrogen-bond acceptors (Lipinski definition) is 3. The van der Waals surface area contributed by atoms with Crippen molar-refractivity contribution in [2.75, 3.05) is 0 Å². The lowest BCUT2D eigenvalue weighted by Gasteiger charge is -2.40. The molecule has 1 aliphatic carbocycles. The molecule has 11 heteroatoms. The number of carbonyl (C=O) groups excluding carboxylic acids is 1. The van der Waals surface area contributed by atoms with Crippen LogP contribution in [0.1, 0.15) is 54.0 Å². The molecule has 0 aromatic heterocycles. The summed E-state index contributed by atoms with van der Waals surface area (Å²) in [5, 5.41) is 9.81. The molecule has 35 heavy (non-hydrogen) atoms. The highest BCUT2D eigenvalue weighted by atomic mass is 19.4. The van der Waals surface area contributed by atoms with Gasteiger partial charge in [-0.05, 0) is 61.2 Å². The zero-order valence-corrected chi connectivity index (χ0v) is 18.2. The van der Waals surface area contributed by atoms with E-state index in [4.69, 9.17) is 4.74 Å². The highest BCUT2D eigenvalue weighted by Crippen LogP contribution is 2.45. The zero-order valence-electron chi connectivity index (χ0n) is 18.2. The average molecular weight is 506 g/mol. The summed E-state index contributed by atoms with van der Waals surface area (Å²) in [4.78, 5) is 23.6. The second-order valence-corrected chi connectivity index (χ2v) is 8.47. The fourth-order valence-electron chi connectivity index (χ4n) is 4.52. The van der Waals surface area contributed by atoms with Gasteiger partial charge < -0.3 is 14.6 Å². The third kappa shape index (κ3) is 6.01. The molecule has 0 saturated heterocycles. The molecule has 1 saturated carbocycles. The highest BCUT2D eigenvalue weighted by molar-refractivity contribution is 5.76. The molecule has 190 valence electrons. The summed E-state index contributed by atoms with van der Waals surface area (Å²) in [6.45, 7) is 1.26. The van der Waals surface area contributed by atoms with Gasteiger partial charge in [-0.15, -0.1) is 0 Å². The van der Waals surface area contributed by atoms with Crippen molar-refractivity contribution in [3.63, 3.8) is 0 Å². The first-order valence-electron chi connectivity index (χ1n) is 10.6. The van der Waals surface area contributed by atoms with Crippen molar-refractivity contribution in [1.82, 2.24) is 0 Å². The van der Waals surface area contributed by atoms with Gasteiger partial charge in [-0.25, -0.2) is 4.39 Å². The monoisotopic (exact) mass is 506 g/mol. The molecule has 3 rings (SSSR count). The van der Waals surface area contributed by atoms with Crippen molar-refractivity contribution in [2.24, 2.45) is 11.8 Å². The van der Waals surface area contributed by atoms with Crippen LogP contribution in [0.2, 0.25) is 0 Å². The minimum Gasteiger partial charge on any atom is -0.481 e. The van der Waals surface area contributed by atoms with Crippen molar-refractivity contribution in [1.29, 1.82) is 0 Å². The fourth-order valence-corrected chi connectivity index (χ4v) is 4.52. The van der Waals surface area contributed by atoms with Crippen LogP contribution in [0.3, 0.4) is 0 Å². The third-order valence-corrected chi connectivity index (χ3v) is 6.21. The van der Waals surface area contributed by atoms with Crippen LogP contribution in [0.5, 0.6) is 0 Å². The predicted molar refractivity (Wildman–Crippen MR) is 109 cm³/mol. The van der Waals surface area contributed by atoms with Gasteiger partial charge in [0.1, 0.15) is 12.1 Å². The van der Waals surface area contributed by atoms with Gasteiger partial charge in [0.05, 0.1) is 29.3 Å². The summed E-state index contributed by atoms with van der Waals surface area (Å²) in [7, 11) is 0. The van der Waals surface area contributed by atoms with Gasteiger partial charge in [0.2, 0.25) is 0 Å². The molecule has 0 radical (unpaired) electrons. The summed E-state index contributed by atoms with van der Waals surface area (Å²) in [6.07, 6.45) is -11.6. The number of rotatable bonds is 6. The Morgan fingerprint density at radius 1 is 1.00 bits per heavy atom. The number of hydrogen-bond donors (Lipinski definition) is 1. The number of carboxylic acids is 1. The number of benzene rings is 2. The van der Waals surface area contributed by atoms with Crippen LogP contribution in [0.15, 0.2) is 42.5 Å². The summed E-state index contributed by atoms with van der Waals surface area (Å²) in [5.74, 6) is -5.10. The first-order valence-corrected chi connectivity index (χ1v) is 10.6. The second kappa shape index (κ2) is 9.96. The van der Waals surface area contributed by atoms with E-state index in [0.29, 0.717) is 24.0 Å². The number of halogens is 7. The van der Waals surface area contributed by atoms with Crippen molar-refractivity contribution in [3.8, 4) is 0 Å². The maximum Gasteiger partial charge on any atom is 0.416 e. The molecule has 4 nitrogen and oxygen atoms in total. The van der Waals surface area contributed by atoms with Crippen LogP contribution in [0.25, 0.3) is 0 Å². The quantitative estimate of drug-likeness (QED) is 0.364. The Kier molecular flexibility index (Phi) is 7.59.